The van der Waals surface area contributed by atoms with Gasteiger partial charge in [0.05, 0.1) is 18.5 Å². The molecule has 9 heteroatoms. The Morgan fingerprint density at radius 1 is 1.07 bits per heavy atom. The Kier molecular flexibility index (Phi) is 6.74. The number of nitrogens with zero attached hydrogens (tertiary/aromatic N) is 2. The Morgan fingerprint density at radius 3 is 2.40 bits per heavy atom. The number of para-hydroxylation sites is 1. The molecule has 3 aromatic rings. The van der Waals surface area contributed by atoms with Crippen molar-refractivity contribution in [1.82, 2.24) is 9.78 Å². The number of rotatable bonds is 9. The van der Waals surface area contributed by atoms with Crippen molar-refractivity contribution in [2.75, 3.05) is 13.2 Å². The second-order valence-electron chi connectivity index (χ2n) is 5.96. The van der Waals surface area contributed by atoms with Gasteiger partial charge in [0.15, 0.2) is 18.1 Å². The molecule has 0 atom stereocenters. The maximum absolute atomic E-state index is 12.4. The van der Waals surface area contributed by atoms with E-state index in [1.165, 1.54) is 35.1 Å². The molecule has 2 aromatic carbocycles. The van der Waals surface area contributed by atoms with Gasteiger partial charge in [0.1, 0.15) is 5.75 Å². The molecule has 1 heterocycles. The highest BCUT2D eigenvalue weighted by Gasteiger charge is 2.21. The first-order valence-corrected chi connectivity index (χ1v) is 9.01. The Labute approximate surface area is 170 Å². The molecule has 0 aliphatic heterocycles. The molecule has 3 rings (SSSR count). The van der Waals surface area contributed by atoms with E-state index in [2.05, 4.69) is 9.84 Å². The fourth-order valence-electron chi connectivity index (χ4n) is 2.57. The second-order valence-corrected chi connectivity index (χ2v) is 5.96. The maximum atomic E-state index is 12.4. The van der Waals surface area contributed by atoms with Crippen LogP contribution in [-0.2, 0) is 4.74 Å². The van der Waals surface area contributed by atoms with E-state index >= 15 is 0 Å². The highest BCUT2D eigenvalue weighted by Crippen LogP contribution is 2.22. The number of benzene rings is 2. The molecular weight excluding hydrogens is 398 g/mol. The van der Waals surface area contributed by atoms with Crippen LogP contribution in [0.2, 0.25) is 0 Å². The zero-order valence-corrected chi connectivity index (χ0v) is 16.0. The molecule has 0 spiro atoms. The van der Waals surface area contributed by atoms with E-state index in [4.69, 9.17) is 9.47 Å². The van der Waals surface area contributed by atoms with Crippen LogP contribution in [0.15, 0.2) is 60.8 Å². The largest absolute Gasteiger partial charge is 0.481 e. The smallest absolute Gasteiger partial charge is 0.387 e. The molecule has 156 valence electrons. The summed E-state index contributed by atoms with van der Waals surface area (Å²) in [5.41, 5.74) is 0.873. The number of halogens is 2. The number of carbonyl (C=O) groups excluding carboxylic acids is 2. The van der Waals surface area contributed by atoms with Crippen LogP contribution in [0.4, 0.5) is 8.78 Å². The number of carbonyl (C=O) groups is 2. The van der Waals surface area contributed by atoms with Gasteiger partial charge in [0.2, 0.25) is 5.69 Å². The quantitative estimate of drug-likeness (QED) is 0.389. The number of ether oxygens (including phenoxy) is 3. The lowest BCUT2D eigenvalue weighted by Crippen LogP contribution is -2.14. The van der Waals surface area contributed by atoms with Crippen molar-refractivity contribution >= 4 is 11.8 Å². The van der Waals surface area contributed by atoms with Gasteiger partial charge in [-0.15, -0.1) is 0 Å². The van der Waals surface area contributed by atoms with E-state index in [0.717, 1.165) is 0 Å². The molecule has 7 nitrogen and oxygen atoms in total. The fraction of sp³-hybridized carbons (Fsp3) is 0.190. The van der Waals surface area contributed by atoms with Crippen LogP contribution in [0, 0.1) is 0 Å². The highest BCUT2D eigenvalue weighted by molar-refractivity contribution is 5.97. The van der Waals surface area contributed by atoms with Crippen LogP contribution in [0.3, 0.4) is 0 Å². The summed E-state index contributed by atoms with van der Waals surface area (Å²) in [5.74, 6) is -1.07. The van der Waals surface area contributed by atoms with Gasteiger partial charge >= 0.3 is 12.6 Å². The fourth-order valence-corrected chi connectivity index (χ4v) is 2.57. The molecule has 0 unspecified atom stereocenters. The van der Waals surface area contributed by atoms with Crippen molar-refractivity contribution in [3.8, 4) is 17.2 Å². The zero-order chi connectivity index (χ0) is 21.5. The molecule has 0 aliphatic carbocycles. The van der Waals surface area contributed by atoms with Gasteiger partial charge in [-0.1, -0.05) is 18.2 Å². The maximum Gasteiger partial charge on any atom is 0.387 e. The van der Waals surface area contributed by atoms with Gasteiger partial charge < -0.3 is 14.2 Å². The topological polar surface area (TPSA) is 79.6 Å². The van der Waals surface area contributed by atoms with E-state index in [1.54, 1.807) is 19.1 Å². The summed E-state index contributed by atoms with van der Waals surface area (Å²) in [6.07, 6.45) is 1.48. The summed E-state index contributed by atoms with van der Waals surface area (Å²) in [6.45, 7) is -1.51. The van der Waals surface area contributed by atoms with Gasteiger partial charge in [-0.3, -0.25) is 4.79 Å². The van der Waals surface area contributed by atoms with E-state index in [9.17, 15) is 18.4 Å². The van der Waals surface area contributed by atoms with Crippen LogP contribution in [0.25, 0.3) is 5.69 Å². The summed E-state index contributed by atoms with van der Waals surface area (Å²) in [5, 5.41) is 4.21. The molecule has 1 aromatic heterocycles. The van der Waals surface area contributed by atoms with E-state index in [0.29, 0.717) is 5.69 Å². The first kappa shape index (κ1) is 21.0. The van der Waals surface area contributed by atoms with Crippen LogP contribution < -0.4 is 9.47 Å². The Morgan fingerprint density at radius 2 is 1.77 bits per heavy atom. The first-order chi connectivity index (χ1) is 14.5. The molecule has 0 aliphatic rings. The predicted molar refractivity (Wildman–Crippen MR) is 102 cm³/mol. The van der Waals surface area contributed by atoms with Crippen LogP contribution >= 0.6 is 0 Å². The third-order valence-corrected chi connectivity index (χ3v) is 3.93. The number of alkyl halides is 2. The number of Topliss-reactive ketones (excluding diaryl/α,β-unsaturated/α-hetero) is 1. The van der Waals surface area contributed by atoms with Crippen molar-refractivity contribution in [3.63, 3.8) is 0 Å². The van der Waals surface area contributed by atoms with Gasteiger partial charge in [-0.25, -0.2) is 9.48 Å². The molecule has 0 fully saturated rings. The molecule has 0 saturated heterocycles. The average molecular weight is 416 g/mol. The minimum atomic E-state index is -2.95. The first-order valence-electron chi connectivity index (χ1n) is 9.01. The highest BCUT2D eigenvalue weighted by atomic mass is 19.3. The monoisotopic (exact) mass is 416 g/mol. The van der Waals surface area contributed by atoms with Gasteiger partial charge in [0, 0.05) is 5.56 Å². The number of hydrogen-bond donors (Lipinski definition) is 0. The van der Waals surface area contributed by atoms with E-state index < -0.39 is 18.4 Å². The van der Waals surface area contributed by atoms with Crippen LogP contribution in [-0.4, -0.2) is 41.4 Å². The lowest BCUT2D eigenvalue weighted by Gasteiger charge is -2.07. The molecule has 0 radical (unpaired) electrons. The number of esters is 1. The summed E-state index contributed by atoms with van der Waals surface area (Å²) in [4.78, 5) is 24.6. The van der Waals surface area contributed by atoms with Crippen molar-refractivity contribution in [2.45, 2.75) is 13.5 Å². The lowest BCUT2D eigenvalue weighted by atomic mass is 10.1. The standard InChI is InChI=1S/C21H18F2N2O5/c1-2-28-20(27)19-18(12-25(24-19)15-6-4-3-5-7-15)29-13-17(26)14-8-10-16(11-9-14)30-21(22)23/h3-12,21H,2,13H2,1H3. The molecular formula is C21H18F2N2O5. The Bertz CT molecular complexity index is 1000. The number of hydrogen-bond acceptors (Lipinski definition) is 6. The van der Waals surface area contributed by atoms with Crippen molar-refractivity contribution in [2.24, 2.45) is 0 Å². The summed E-state index contributed by atoms with van der Waals surface area (Å²) in [7, 11) is 0. The van der Waals surface area contributed by atoms with Crippen molar-refractivity contribution < 1.29 is 32.6 Å². The predicted octanol–water partition coefficient (Wildman–Crippen LogP) is 3.91. The SMILES string of the molecule is CCOC(=O)c1nn(-c2ccccc2)cc1OCC(=O)c1ccc(OC(F)F)cc1. The summed E-state index contributed by atoms with van der Waals surface area (Å²) < 4.78 is 40.7. The van der Waals surface area contributed by atoms with E-state index in [1.807, 2.05) is 18.2 Å². The molecule has 0 saturated carbocycles. The summed E-state index contributed by atoms with van der Waals surface area (Å²) >= 11 is 0. The number of ketones is 1. The van der Waals surface area contributed by atoms with Crippen LogP contribution in [0.1, 0.15) is 27.8 Å². The molecule has 30 heavy (non-hydrogen) atoms. The third-order valence-electron chi connectivity index (χ3n) is 3.93. The van der Waals surface area contributed by atoms with Gasteiger partial charge in [-0.05, 0) is 43.3 Å². The second kappa shape index (κ2) is 9.64. The molecule has 0 amide bonds. The number of aromatic nitrogens is 2. The van der Waals surface area contributed by atoms with E-state index in [-0.39, 0.29) is 36.0 Å². The normalized spacial score (nSPS) is 10.7. The zero-order valence-electron chi connectivity index (χ0n) is 16.0. The Hall–Kier alpha value is -3.75. The van der Waals surface area contributed by atoms with Gasteiger partial charge in [0.25, 0.3) is 0 Å². The Balaban J connectivity index is 1.75. The third kappa shape index (κ3) is 5.19. The lowest BCUT2D eigenvalue weighted by molar-refractivity contribution is -0.0498. The minimum absolute atomic E-state index is 0.0591. The van der Waals surface area contributed by atoms with Crippen LogP contribution in [0.5, 0.6) is 11.5 Å². The van der Waals surface area contributed by atoms with Gasteiger partial charge in [-0.2, -0.15) is 13.9 Å². The molecule has 0 N–H and O–H groups in total. The van der Waals surface area contributed by atoms with Crippen molar-refractivity contribution in [3.05, 3.63) is 72.1 Å². The summed E-state index contributed by atoms with van der Waals surface area (Å²) in [6, 6.07) is 14.3. The average Bonchev–Trinajstić information content (AvgIpc) is 3.17. The minimum Gasteiger partial charge on any atom is -0.481 e. The molecule has 0 bridgehead atoms. The van der Waals surface area contributed by atoms with Crippen molar-refractivity contribution in [1.29, 1.82) is 0 Å².